The van der Waals surface area contributed by atoms with Crippen LogP contribution in [0.5, 0.6) is 0 Å². The Balaban J connectivity index is 2.67. The predicted molar refractivity (Wildman–Crippen MR) is 74.8 cm³/mol. The molecule has 0 aliphatic rings. The van der Waals surface area contributed by atoms with Gasteiger partial charge in [-0.15, -0.1) is 0 Å². The van der Waals surface area contributed by atoms with E-state index in [2.05, 4.69) is 17.9 Å². The second-order valence-electron chi connectivity index (χ2n) is 4.54. The van der Waals surface area contributed by atoms with E-state index < -0.39 is 0 Å². The second-order valence-corrected chi connectivity index (χ2v) is 4.54. The number of esters is 1. The molecular weight excluding hydrogens is 240 g/mol. The van der Waals surface area contributed by atoms with E-state index in [0.717, 1.165) is 12.2 Å². The molecule has 0 aromatic heterocycles. The highest BCUT2D eigenvalue weighted by atomic mass is 16.5. The number of benzene rings is 1. The van der Waals surface area contributed by atoms with Crippen molar-refractivity contribution in [3.05, 3.63) is 29.8 Å². The molecule has 0 N–H and O–H groups in total. The second kappa shape index (κ2) is 7.42. The van der Waals surface area contributed by atoms with Crippen LogP contribution in [0.2, 0.25) is 0 Å². The Kier molecular flexibility index (Phi) is 5.87. The number of rotatable bonds is 6. The summed E-state index contributed by atoms with van der Waals surface area (Å²) >= 11 is 0. The first-order valence-electron chi connectivity index (χ1n) is 6.43. The van der Waals surface area contributed by atoms with Gasteiger partial charge in [-0.3, -0.25) is 4.79 Å². The molecule has 0 fully saturated rings. The molecule has 1 unspecified atom stereocenters. The Morgan fingerprint density at radius 2 is 2.26 bits per heavy atom. The van der Waals surface area contributed by atoms with Crippen LogP contribution in [0, 0.1) is 24.2 Å². The molecule has 0 spiro atoms. The van der Waals surface area contributed by atoms with Crippen LogP contribution in [-0.4, -0.2) is 25.7 Å². The van der Waals surface area contributed by atoms with E-state index in [0.29, 0.717) is 6.54 Å². The quantitative estimate of drug-likeness (QED) is 0.737. The smallest absolute Gasteiger partial charge is 0.311 e. The van der Waals surface area contributed by atoms with Gasteiger partial charge in [0, 0.05) is 18.8 Å². The van der Waals surface area contributed by atoms with Gasteiger partial charge in [-0.05, 0) is 31.5 Å². The van der Waals surface area contributed by atoms with Crippen molar-refractivity contribution in [2.24, 2.45) is 5.92 Å². The van der Waals surface area contributed by atoms with Gasteiger partial charge in [0.2, 0.25) is 0 Å². The number of carbonyl (C=O) groups is 1. The molecule has 0 amide bonds. The number of hydrogen-bond donors (Lipinski definition) is 0. The van der Waals surface area contributed by atoms with Crippen molar-refractivity contribution in [1.82, 2.24) is 0 Å². The number of carbonyl (C=O) groups excluding carboxylic acids is 1. The van der Waals surface area contributed by atoms with E-state index in [-0.39, 0.29) is 18.5 Å². The number of nitrogens with zero attached hydrogens (tertiary/aromatic N) is 2. The monoisotopic (exact) mass is 260 g/mol. The topological polar surface area (TPSA) is 53.3 Å². The predicted octanol–water partition coefficient (Wildman–Crippen LogP) is 2.52. The first-order chi connectivity index (χ1) is 9.08. The van der Waals surface area contributed by atoms with Gasteiger partial charge in [-0.2, -0.15) is 5.26 Å². The number of hydrogen-bond acceptors (Lipinski definition) is 4. The number of nitriles is 1. The van der Waals surface area contributed by atoms with Gasteiger partial charge < -0.3 is 9.64 Å². The Labute approximate surface area is 114 Å². The van der Waals surface area contributed by atoms with Gasteiger partial charge in [0.05, 0.1) is 5.92 Å². The summed E-state index contributed by atoms with van der Waals surface area (Å²) in [4.78, 5) is 13.8. The highest BCUT2D eigenvalue weighted by Crippen LogP contribution is 2.17. The fourth-order valence-electron chi connectivity index (χ4n) is 1.89. The minimum atomic E-state index is -0.326. The molecule has 1 aromatic carbocycles. The molecule has 0 saturated carbocycles. The zero-order valence-electron chi connectivity index (χ0n) is 11.7. The fourth-order valence-corrected chi connectivity index (χ4v) is 1.89. The molecule has 4 nitrogen and oxygen atoms in total. The molecule has 0 saturated heterocycles. The molecule has 102 valence electrons. The maximum absolute atomic E-state index is 11.7. The lowest BCUT2D eigenvalue weighted by atomic mass is 10.1. The summed E-state index contributed by atoms with van der Waals surface area (Å²) in [6.07, 6.45) is 0. The van der Waals surface area contributed by atoms with E-state index in [1.54, 1.807) is 6.07 Å². The van der Waals surface area contributed by atoms with E-state index >= 15 is 0 Å². The Bertz CT molecular complexity index is 465. The van der Waals surface area contributed by atoms with Gasteiger partial charge in [-0.1, -0.05) is 19.1 Å². The van der Waals surface area contributed by atoms with Crippen LogP contribution in [0.1, 0.15) is 19.4 Å². The summed E-state index contributed by atoms with van der Waals surface area (Å²) in [6, 6.07) is 9.98. The third-order valence-corrected chi connectivity index (χ3v) is 2.92. The molecule has 0 radical (unpaired) electrons. The molecule has 0 aliphatic carbocycles. The van der Waals surface area contributed by atoms with E-state index in [9.17, 15) is 4.79 Å². The van der Waals surface area contributed by atoms with Crippen LogP contribution in [0.25, 0.3) is 0 Å². The summed E-state index contributed by atoms with van der Waals surface area (Å²) < 4.78 is 4.83. The highest BCUT2D eigenvalue weighted by Gasteiger charge is 2.18. The normalized spacial score (nSPS) is 11.5. The van der Waals surface area contributed by atoms with E-state index in [4.69, 9.17) is 10.00 Å². The van der Waals surface area contributed by atoms with Crippen molar-refractivity contribution in [2.45, 2.75) is 20.8 Å². The Morgan fingerprint density at radius 1 is 1.53 bits per heavy atom. The van der Waals surface area contributed by atoms with Crippen LogP contribution >= 0.6 is 0 Å². The first kappa shape index (κ1) is 15.0. The van der Waals surface area contributed by atoms with Crippen LogP contribution in [0.15, 0.2) is 24.3 Å². The zero-order chi connectivity index (χ0) is 14.3. The summed E-state index contributed by atoms with van der Waals surface area (Å²) in [7, 11) is 0. The number of ether oxygens (including phenoxy) is 1. The maximum Gasteiger partial charge on any atom is 0.311 e. The molecule has 1 aromatic rings. The minimum Gasteiger partial charge on any atom is -0.450 e. The fraction of sp³-hybridized carbons (Fsp3) is 0.467. The van der Waals surface area contributed by atoms with Crippen LogP contribution in [-0.2, 0) is 9.53 Å². The van der Waals surface area contributed by atoms with Crippen LogP contribution < -0.4 is 4.90 Å². The third kappa shape index (κ3) is 4.63. The van der Waals surface area contributed by atoms with Crippen molar-refractivity contribution in [1.29, 1.82) is 5.26 Å². The van der Waals surface area contributed by atoms with Crippen molar-refractivity contribution in [3.8, 4) is 6.07 Å². The average Bonchev–Trinajstić information content (AvgIpc) is 2.41. The Morgan fingerprint density at radius 3 is 2.84 bits per heavy atom. The molecule has 0 bridgehead atoms. The SMILES string of the molecule is CCN(CC(C)C(=O)OCC#N)c1cccc(C)c1. The molecule has 1 rings (SSSR count). The molecule has 0 heterocycles. The molecule has 4 heteroatoms. The molecular formula is C15H20N2O2. The summed E-state index contributed by atoms with van der Waals surface area (Å²) in [6.45, 7) is 7.14. The van der Waals surface area contributed by atoms with Crippen molar-refractivity contribution < 1.29 is 9.53 Å². The number of aryl methyl sites for hydroxylation is 1. The lowest BCUT2D eigenvalue weighted by Crippen LogP contribution is -2.32. The first-order valence-corrected chi connectivity index (χ1v) is 6.43. The van der Waals surface area contributed by atoms with Gasteiger partial charge in [-0.25, -0.2) is 0 Å². The lowest BCUT2D eigenvalue weighted by molar-refractivity contribution is -0.146. The van der Waals surface area contributed by atoms with Crippen molar-refractivity contribution >= 4 is 11.7 Å². The van der Waals surface area contributed by atoms with Crippen LogP contribution in [0.4, 0.5) is 5.69 Å². The molecule has 0 aliphatic heterocycles. The van der Waals surface area contributed by atoms with Crippen molar-refractivity contribution in [3.63, 3.8) is 0 Å². The standard InChI is InChI=1S/C15H20N2O2/c1-4-17(14-7-5-6-12(2)10-14)11-13(3)15(18)19-9-8-16/h5-7,10,13H,4,9,11H2,1-3H3. The average molecular weight is 260 g/mol. The van der Waals surface area contributed by atoms with Gasteiger partial charge in [0.1, 0.15) is 6.07 Å². The Hall–Kier alpha value is -2.02. The van der Waals surface area contributed by atoms with Gasteiger partial charge in [0.15, 0.2) is 6.61 Å². The molecule has 19 heavy (non-hydrogen) atoms. The highest BCUT2D eigenvalue weighted by molar-refractivity contribution is 5.73. The minimum absolute atomic E-state index is 0.181. The summed E-state index contributed by atoms with van der Waals surface area (Å²) in [5, 5.41) is 8.40. The zero-order valence-corrected chi connectivity index (χ0v) is 11.7. The van der Waals surface area contributed by atoms with Crippen LogP contribution in [0.3, 0.4) is 0 Å². The van der Waals surface area contributed by atoms with Gasteiger partial charge in [0.25, 0.3) is 0 Å². The maximum atomic E-state index is 11.7. The third-order valence-electron chi connectivity index (χ3n) is 2.92. The van der Waals surface area contributed by atoms with Crippen molar-refractivity contribution in [2.75, 3.05) is 24.6 Å². The van der Waals surface area contributed by atoms with E-state index in [1.165, 1.54) is 5.56 Å². The summed E-state index contributed by atoms with van der Waals surface area (Å²) in [5.74, 6) is -0.582. The lowest BCUT2D eigenvalue weighted by Gasteiger charge is -2.26. The number of anilines is 1. The largest absolute Gasteiger partial charge is 0.450 e. The van der Waals surface area contributed by atoms with Gasteiger partial charge >= 0.3 is 5.97 Å². The van der Waals surface area contributed by atoms with E-state index in [1.807, 2.05) is 32.0 Å². The summed E-state index contributed by atoms with van der Waals surface area (Å²) in [5.41, 5.74) is 2.29. The molecule has 1 atom stereocenters.